The fourth-order valence-corrected chi connectivity index (χ4v) is 2.16. The maximum Gasteiger partial charge on any atom is 0.139 e. The second-order valence-corrected chi connectivity index (χ2v) is 4.65. The number of hydrogen-bond acceptors (Lipinski definition) is 3. The first-order valence-corrected chi connectivity index (χ1v) is 6.75. The molecule has 0 fully saturated rings. The van der Waals surface area contributed by atoms with E-state index >= 15 is 0 Å². The largest absolute Gasteiger partial charge is 0.494 e. The van der Waals surface area contributed by atoms with Crippen LogP contribution in [0, 0.1) is 0 Å². The molecule has 0 atom stereocenters. The SMILES string of the molecule is CCCOc1ccc(-c2nc3ccccn3c2N)cc1. The molecule has 0 amide bonds. The molecule has 4 heteroatoms. The Labute approximate surface area is 117 Å². The Morgan fingerprint density at radius 3 is 2.65 bits per heavy atom. The third-order valence-corrected chi connectivity index (χ3v) is 3.17. The zero-order valence-electron chi connectivity index (χ0n) is 11.4. The van der Waals surface area contributed by atoms with Crippen molar-refractivity contribution in [1.29, 1.82) is 0 Å². The predicted octanol–water partition coefficient (Wildman–Crippen LogP) is 3.37. The van der Waals surface area contributed by atoms with E-state index in [1.54, 1.807) is 0 Å². The fraction of sp³-hybridized carbons (Fsp3) is 0.188. The van der Waals surface area contributed by atoms with Gasteiger partial charge in [0.05, 0.1) is 6.61 Å². The summed E-state index contributed by atoms with van der Waals surface area (Å²) in [6.45, 7) is 2.82. The average molecular weight is 267 g/mol. The summed E-state index contributed by atoms with van der Waals surface area (Å²) in [5.74, 6) is 1.53. The van der Waals surface area contributed by atoms with Gasteiger partial charge in [-0.3, -0.25) is 4.40 Å². The highest BCUT2D eigenvalue weighted by Gasteiger charge is 2.10. The van der Waals surface area contributed by atoms with E-state index in [1.807, 2.05) is 53.1 Å². The number of pyridine rings is 1. The van der Waals surface area contributed by atoms with Gasteiger partial charge in [0.15, 0.2) is 0 Å². The lowest BCUT2D eigenvalue weighted by Gasteiger charge is -2.05. The molecular formula is C16H17N3O. The standard InChI is InChI=1S/C16H17N3O/c1-2-11-20-13-8-6-12(7-9-13)15-16(17)19-10-4-3-5-14(19)18-15/h3-10H,2,11,17H2,1H3. The van der Waals surface area contributed by atoms with E-state index in [2.05, 4.69) is 11.9 Å². The number of benzene rings is 1. The van der Waals surface area contributed by atoms with Crippen LogP contribution in [0.25, 0.3) is 16.9 Å². The molecule has 2 heterocycles. The van der Waals surface area contributed by atoms with Gasteiger partial charge in [-0.25, -0.2) is 4.98 Å². The second kappa shape index (κ2) is 5.25. The Kier molecular flexibility index (Phi) is 3.29. The Morgan fingerprint density at radius 2 is 1.95 bits per heavy atom. The summed E-state index contributed by atoms with van der Waals surface area (Å²) in [7, 11) is 0. The van der Waals surface area contributed by atoms with E-state index in [0.717, 1.165) is 35.7 Å². The second-order valence-electron chi connectivity index (χ2n) is 4.65. The normalized spacial score (nSPS) is 10.8. The molecule has 2 aromatic heterocycles. The summed E-state index contributed by atoms with van der Waals surface area (Å²) in [5.41, 5.74) is 8.81. The molecule has 0 unspecified atom stereocenters. The van der Waals surface area contributed by atoms with Gasteiger partial charge in [-0.1, -0.05) is 13.0 Å². The topological polar surface area (TPSA) is 52.5 Å². The van der Waals surface area contributed by atoms with Crippen LogP contribution in [0.15, 0.2) is 48.7 Å². The zero-order chi connectivity index (χ0) is 13.9. The number of nitrogens with two attached hydrogens (primary N) is 1. The predicted molar refractivity (Wildman–Crippen MR) is 80.8 cm³/mol. The van der Waals surface area contributed by atoms with Crippen LogP contribution in [-0.4, -0.2) is 16.0 Å². The minimum absolute atomic E-state index is 0.655. The van der Waals surface area contributed by atoms with Gasteiger partial charge < -0.3 is 10.5 Å². The van der Waals surface area contributed by atoms with Gasteiger partial charge >= 0.3 is 0 Å². The number of fused-ring (bicyclic) bond motifs is 1. The molecule has 20 heavy (non-hydrogen) atoms. The number of ether oxygens (including phenoxy) is 1. The lowest BCUT2D eigenvalue weighted by atomic mass is 10.1. The van der Waals surface area contributed by atoms with Crippen molar-refractivity contribution in [3.05, 3.63) is 48.7 Å². The van der Waals surface area contributed by atoms with Gasteiger partial charge in [-0.05, 0) is 42.8 Å². The van der Waals surface area contributed by atoms with E-state index in [4.69, 9.17) is 10.5 Å². The van der Waals surface area contributed by atoms with Crippen LogP contribution < -0.4 is 10.5 Å². The lowest BCUT2D eigenvalue weighted by molar-refractivity contribution is 0.317. The van der Waals surface area contributed by atoms with E-state index < -0.39 is 0 Å². The van der Waals surface area contributed by atoms with Crippen LogP contribution >= 0.6 is 0 Å². The summed E-state index contributed by atoms with van der Waals surface area (Å²) >= 11 is 0. The maximum absolute atomic E-state index is 6.16. The maximum atomic E-state index is 6.16. The molecule has 3 rings (SSSR count). The third kappa shape index (κ3) is 2.20. The van der Waals surface area contributed by atoms with Crippen molar-refractivity contribution in [1.82, 2.24) is 9.38 Å². The van der Waals surface area contributed by atoms with Crippen LogP contribution in [0.1, 0.15) is 13.3 Å². The Balaban J connectivity index is 1.96. The first-order chi connectivity index (χ1) is 9.79. The van der Waals surface area contributed by atoms with Crippen molar-refractivity contribution < 1.29 is 4.74 Å². The Hall–Kier alpha value is -2.49. The number of nitrogen functional groups attached to an aromatic ring is 1. The monoisotopic (exact) mass is 267 g/mol. The third-order valence-electron chi connectivity index (χ3n) is 3.17. The number of imidazole rings is 1. The number of aromatic nitrogens is 2. The molecule has 0 radical (unpaired) electrons. The van der Waals surface area contributed by atoms with Crippen molar-refractivity contribution in [3.63, 3.8) is 0 Å². The van der Waals surface area contributed by atoms with Crippen molar-refractivity contribution in [2.24, 2.45) is 0 Å². The van der Waals surface area contributed by atoms with Crippen LogP contribution in [0.4, 0.5) is 5.82 Å². The highest BCUT2D eigenvalue weighted by Crippen LogP contribution is 2.27. The van der Waals surface area contributed by atoms with Gasteiger partial charge in [-0.2, -0.15) is 0 Å². The quantitative estimate of drug-likeness (QED) is 0.788. The molecule has 0 saturated carbocycles. The van der Waals surface area contributed by atoms with E-state index in [9.17, 15) is 0 Å². The lowest BCUT2D eigenvalue weighted by Crippen LogP contribution is -1.95. The van der Waals surface area contributed by atoms with Crippen molar-refractivity contribution in [2.45, 2.75) is 13.3 Å². The van der Waals surface area contributed by atoms with Crippen LogP contribution in [-0.2, 0) is 0 Å². The summed E-state index contributed by atoms with van der Waals surface area (Å²) in [6.07, 6.45) is 2.92. The minimum Gasteiger partial charge on any atom is -0.494 e. The van der Waals surface area contributed by atoms with E-state index in [1.165, 1.54) is 0 Å². The number of hydrogen-bond donors (Lipinski definition) is 1. The summed E-state index contributed by atoms with van der Waals surface area (Å²) < 4.78 is 7.46. The number of anilines is 1. The van der Waals surface area contributed by atoms with Gasteiger partial charge in [0.25, 0.3) is 0 Å². The first-order valence-electron chi connectivity index (χ1n) is 6.75. The van der Waals surface area contributed by atoms with Crippen molar-refractivity contribution >= 4 is 11.5 Å². The smallest absolute Gasteiger partial charge is 0.139 e. The van der Waals surface area contributed by atoms with Crippen LogP contribution in [0.5, 0.6) is 5.75 Å². The molecule has 1 aromatic carbocycles. The van der Waals surface area contributed by atoms with Gasteiger partial charge in [0.1, 0.15) is 22.9 Å². The highest BCUT2D eigenvalue weighted by atomic mass is 16.5. The van der Waals surface area contributed by atoms with E-state index in [-0.39, 0.29) is 0 Å². The number of rotatable bonds is 4. The molecule has 0 saturated heterocycles. The summed E-state index contributed by atoms with van der Waals surface area (Å²) in [6, 6.07) is 13.7. The minimum atomic E-state index is 0.655. The molecule has 0 aliphatic rings. The zero-order valence-corrected chi connectivity index (χ0v) is 11.4. The molecular weight excluding hydrogens is 250 g/mol. The molecule has 4 nitrogen and oxygen atoms in total. The van der Waals surface area contributed by atoms with Gasteiger partial charge in [0, 0.05) is 11.8 Å². The molecule has 0 aliphatic carbocycles. The Bertz CT molecular complexity index is 716. The van der Waals surface area contributed by atoms with Gasteiger partial charge in [-0.15, -0.1) is 0 Å². The fourth-order valence-electron chi connectivity index (χ4n) is 2.16. The first kappa shape index (κ1) is 12.5. The average Bonchev–Trinajstić information content (AvgIpc) is 2.83. The van der Waals surface area contributed by atoms with Crippen LogP contribution in [0.3, 0.4) is 0 Å². The number of nitrogens with zero attached hydrogens (tertiary/aromatic N) is 2. The molecule has 0 aliphatic heterocycles. The van der Waals surface area contributed by atoms with Crippen molar-refractivity contribution in [2.75, 3.05) is 12.3 Å². The summed E-state index contributed by atoms with van der Waals surface area (Å²) in [4.78, 5) is 4.57. The van der Waals surface area contributed by atoms with Crippen LogP contribution in [0.2, 0.25) is 0 Å². The molecule has 0 bridgehead atoms. The van der Waals surface area contributed by atoms with Gasteiger partial charge in [0.2, 0.25) is 0 Å². The molecule has 2 N–H and O–H groups in total. The Morgan fingerprint density at radius 1 is 1.15 bits per heavy atom. The summed E-state index contributed by atoms with van der Waals surface area (Å²) in [5, 5.41) is 0. The van der Waals surface area contributed by atoms with Crippen molar-refractivity contribution in [3.8, 4) is 17.0 Å². The molecule has 0 spiro atoms. The molecule has 102 valence electrons. The molecule has 3 aromatic rings. The van der Waals surface area contributed by atoms with E-state index in [0.29, 0.717) is 5.82 Å². The highest BCUT2D eigenvalue weighted by molar-refractivity contribution is 5.75.